The Morgan fingerprint density at radius 3 is 2.27 bits per heavy atom. The molecule has 0 saturated carbocycles. The molecule has 0 atom stereocenters. The molecule has 0 unspecified atom stereocenters. The number of halogens is 3. The van der Waals surface area contributed by atoms with Gasteiger partial charge in [-0.25, -0.2) is 4.79 Å². The summed E-state index contributed by atoms with van der Waals surface area (Å²) in [6.45, 7) is 2.85. The maximum absolute atomic E-state index is 11.4. The monoisotopic (exact) mass is 164 g/mol. The van der Waals surface area contributed by atoms with Crippen molar-refractivity contribution in [3.8, 4) is 12.3 Å². The van der Waals surface area contributed by atoms with Crippen LogP contribution in [0, 0.1) is 12.3 Å². The lowest BCUT2D eigenvalue weighted by Gasteiger charge is -2.03. The van der Waals surface area contributed by atoms with Gasteiger partial charge in [-0.3, -0.25) is 0 Å². The summed E-state index contributed by atoms with van der Waals surface area (Å²) in [6, 6.07) is 0. The molecule has 0 spiro atoms. The summed E-state index contributed by atoms with van der Waals surface area (Å²) >= 11 is 0. The molecule has 0 aliphatic carbocycles. The molecule has 0 heterocycles. The zero-order valence-electron chi connectivity index (χ0n) is 5.23. The number of allylic oxidation sites excluding steroid dienone is 1. The summed E-state index contributed by atoms with van der Waals surface area (Å²) in [5.41, 5.74) is 0. The SMILES string of the molecule is C#CC(=C)OC(=O)C(F)(F)F. The van der Waals surface area contributed by atoms with Gasteiger partial charge in [-0.1, -0.05) is 0 Å². The Hall–Kier alpha value is -1.44. The first-order valence-electron chi connectivity index (χ1n) is 2.32. The maximum Gasteiger partial charge on any atom is 0.491 e. The van der Waals surface area contributed by atoms with Crippen molar-refractivity contribution in [3.05, 3.63) is 12.3 Å². The average Bonchev–Trinajstić information content (AvgIpc) is 1.85. The van der Waals surface area contributed by atoms with E-state index >= 15 is 0 Å². The lowest BCUT2D eigenvalue weighted by atomic mass is 10.6. The van der Waals surface area contributed by atoms with Crippen molar-refractivity contribution >= 4 is 5.97 Å². The molecule has 0 N–H and O–H groups in total. The van der Waals surface area contributed by atoms with E-state index in [1.807, 2.05) is 0 Å². The van der Waals surface area contributed by atoms with E-state index < -0.39 is 17.9 Å². The van der Waals surface area contributed by atoms with Crippen molar-refractivity contribution in [2.45, 2.75) is 6.18 Å². The van der Waals surface area contributed by atoms with Crippen LogP contribution in [0.5, 0.6) is 0 Å². The van der Waals surface area contributed by atoms with E-state index in [2.05, 4.69) is 17.7 Å². The average molecular weight is 164 g/mol. The van der Waals surface area contributed by atoms with E-state index in [0.29, 0.717) is 0 Å². The van der Waals surface area contributed by atoms with Crippen LogP contribution in [0.2, 0.25) is 0 Å². The molecule has 60 valence electrons. The Kier molecular flexibility index (Phi) is 2.70. The van der Waals surface area contributed by atoms with Crippen molar-refractivity contribution in [2.24, 2.45) is 0 Å². The second-order valence-electron chi connectivity index (χ2n) is 1.45. The molecule has 11 heavy (non-hydrogen) atoms. The quantitative estimate of drug-likeness (QED) is 0.331. The molecule has 0 fully saturated rings. The molecule has 0 aromatic carbocycles. The van der Waals surface area contributed by atoms with E-state index in [9.17, 15) is 18.0 Å². The number of esters is 1. The number of carbonyl (C=O) groups excluding carboxylic acids is 1. The minimum Gasteiger partial charge on any atom is -0.411 e. The molecule has 0 rings (SSSR count). The van der Waals surface area contributed by atoms with Crippen molar-refractivity contribution < 1.29 is 22.7 Å². The molecular weight excluding hydrogens is 161 g/mol. The highest BCUT2D eigenvalue weighted by molar-refractivity contribution is 5.77. The summed E-state index contributed by atoms with van der Waals surface area (Å²) < 4.78 is 37.7. The van der Waals surface area contributed by atoms with Crippen LogP contribution in [0.25, 0.3) is 0 Å². The number of ether oxygens (including phenoxy) is 1. The molecule has 0 aliphatic heterocycles. The van der Waals surface area contributed by atoms with E-state index in [1.165, 1.54) is 0 Å². The highest BCUT2D eigenvalue weighted by Gasteiger charge is 2.41. The van der Waals surface area contributed by atoms with Crippen molar-refractivity contribution in [3.63, 3.8) is 0 Å². The summed E-state index contributed by atoms with van der Waals surface area (Å²) in [6.07, 6.45) is -0.458. The molecule has 2 nitrogen and oxygen atoms in total. The molecule has 0 bridgehead atoms. The second-order valence-corrected chi connectivity index (χ2v) is 1.45. The lowest BCUT2D eigenvalue weighted by Crippen LogP contribution is -2.24. The normalized spacial score (nSPS) is 10.0. The van der Waals surface area contributed by atoms with Gasteiger partial charge in [0.1, 0.15) is 0 Å². The lowest BCUT2D eigenvalue weighted by molar-refractivity contribution is -0.194. The van der Waals surface area contributed by atoms with Gasteiger partial charge < -0.3 is 4.74 Å². The summed E-state index contributed by atoms with van der Waals surface area (Å²) in [5, 5.41) is 0. The van der Waals surface area contributed by atoms with E-state index in [4.69, 9.17) is 0 Å². The van der Waals surface area contributed by atoms with Gasteiger partial charge in [0.05, 0.1) is 0 Å². The largest absolute Gasteiger partial charge is 0.491 e. The number of carbonyl (C=O) groups is 1. The highest BCUT2D eigenvalue weighted by atomic mass is 19.4. The van der Waals surface area contributed by atoms with Crippen LogP contribution in [0.1, 0.15) is 0 Å². The van der Waals surface area contributed by atoms with Gasteiger partial charge in [0, 0.05) is 0 Å². The van der Waals surface area contributed by atoms with Gasteiger partial charge in [-0.15, -0.1) is 6.42 Å². The Bertz CT molecular complexity index is 221. The van der Waals surface area contributed by atoms with E-state index in [0.717, 1.165) is 0 Å². The fourth-order valence-corrected chi connectivity index (χ4v) is 0.199. The molecule has 0 radical (unpaired) electrons. The van der Waals surface area contributed by atoms with E-state index in [-0.39, 0.29) is 0 Å². The standard InChI is InChI=1S/C6H3F3O2/c1-3-4(2)11-5(10)6(7,8)9/h1H,2H2. The third-order valence-electron chi connectivity index (χ3n) is 0.608. The van der Waals surface area contributed by atoms with Crippen LogP contribution in [-0.2, 0) is 9.53 Å². The molecule has 0 saturated heterocycles. The zero-order chi connectivity index (χ0) is 9.07. The third-order valence-corrected chi connectivity index (χ3v) is 0.608. The first kappa shape index (κ1) is 9.56. The van der Waals surface area contributed by atoms with Crippen LogP contribution in [-0.4, -0.2) is 12.1 Å². The minimum atomic E-state index is -5.03. The molecule has 0 aliphatic rings. The fourth-order valence-electron chi connectivity index (χ4n) is 0.199. The van der Waals surface area contributed by atoms with Crippen LogP contribution in [0.3, 0.4) is 0 Å². The second kappa shape index (κ2) is 3.10. The number of terminal acetylenes is 1. The van der Waals surface area contributed by atoms with Gasteiger partial charge in [-0.05, 0) is 12.5 Å². The summed E-state index contributed by atoms with van der Waals surface area (Å²) in [5.74, 6) is -1.39. The van der Waals surface area contributed by atoms with Gasteiger partial charge in [0.2, 0.25) is 0 Å². The molecule has 5 heteroatoms. The van der Waals surface area contributed by atoms with Crippen molar-refractivity contribution in [1.29, 1.82) is 0 Å². The van der Waals surface area contributed by atoms with Crippen LogP contribution in [0.4, 0.5) is 13.2 Å². The predicted octanol–water partition coefficient (Wildman–Crippen LogP) is 1.24. The van der Waals surface area contributed by atoms with Gasteiger partial charge >= 0.3 is 12.1 Å². The first-order chi connectivity index (χ1) is 4.88. The highest BCUT2D eigenvalue weighted by Crippen LogP contribution is 2.17. The van der Waals surface area contributed by atoms with Crippen LogP contribution in [0.15, 0.2) is 12.3 Å². The molecule has 0 aromatic heterocycles. The smallest absolute Gasteiger partial charge is 0.411 e. The van der Waals surface area contributed by atoms with Gasteiger partial charge in [0.15, 0.2) is 5.76 Å². The van der Waals surface area contributed by atoms with Crippen LogP contribution >= 0.6 is 0 Å². The summed E-state index contributed by atoms with van der Waals surface area (Å²) in [7, 11) is 0. The predicted molar refractivity (Wildman–Crippen MR) is 30.1 cm³/mol. The Morgan fingerprint density at radius 1 is 1.55 bits per heavy atom. The Balaban J connectivity index is 4.13. The fraction of sp³-hybridized carbons (Fsp3) is 0.167. The minimum absolute atomic E-state index is 0.660. The number of hydrogen-bond acceptors (Lipinski definition) is 2. The van der Waals surface area contributed by atoms with Crippen molar-refractivity contribution in [2.75, 3.05) is 0 Å². The number of rotatable bonds is 1. The van der Waals surface area contributed by atoms with Crippen molar-refractivity contribution in [1.82, 2.24) is 0 Å². The zero-order valence-corrected chi connectivity index (χ0v) is 5.23. The number of hydrogen-bond donors (Lipinski definition) is 0. The molecular formula is C6H3F3O2. The molecule has 0 aromatic rings. The van der Waals surface area contributed by atoms with Crippen LogP contribution < -0.4 is 0 Å². The van der Waals surface area contributed by atoms with Gasteiger partial charge in [-0.2, -0.15) is 13.2 Å². The summed E-state index contributed by atoms with van der Waals surface area (Å²) in [4.78, 5) is 9.93. The Labute approximate surface area is 60.6 Å². The third kappa shape index (κ3) is 3.30. The van der Waals surface area contributed by atoms with Gasteiger partial charge in [0.25, 0.3) is 0 Å². The Morgan fingerprint density at radius 2 is 2.00 bits per heavy atom. The first-order valence-corrected chi connectivity index (χ1v) is 2.32. The van der Waals surface area contributed by atoms with E-state index in [1.54, 1.807) is 5.92 Å². The topological polar surface area (TPSA) is 26.3 Å². The molecule has 0 amide bonds. The number of alkyl halides is 3. The maximum atomic E-state index is 11.4.